The Labute approximate surface area is 208 Å². The molecular formula is C30H24FN5. The maximum absolute atomic E-state index is 13.7. The molecule has 0 unspecified atom stereocenters. The highest BCUT2D eigenvalue weighted by Gasteiger charge is 2.14. The van der Waals surface area contributed by atoms with Gasteiger partial charge in [-0.25, -0.2) is 9.37 Å². The highest BCUT2D eigenvalue weighted by atomic mass is 19.1. The number of nitrogens with one attached hydrogen (secondary N) is 2. The molecule has 3 aromatic heterocycles. The summed E-state index contributed by atoms with van der Waals surface area (Å²) in [6.07, 6.45) is 22.3. The van der Waals surface area contributed by atoms with Gasteiger partial charge in [0.2, 0.25) is 0 Å². The Balaban J connectivity index is 1.31. The van der Waals surface area contributed by atoms with Crippen LogP contribution in [0.4, 0.5) is 4.39 Å². The van der Waals surface area contributed by atoms with E-state index in [1.54, 1.807) is 19.2 Å². The van der Waals surface area contributed by atoms with Crippen LogP contribution in [0.25, 0.3) is 34.7 Å². The molecule has 6 heteroatoms. The summed E-state index contributed by atoms with van der Waals surface area (Å²) in [6.45, 7) is 2.63. The Kier molecular flexibility index (Phi) is 5.64. The Morgan fingerprint density at radius 1 is 1.08 bits per heavy atom. The van der Waals surface area contributed by atoms with E-state index >= 15 is 0 Å². The minimum Gasteiger partial charge on any atom is -0.378 e. The molecule has 0 aromatic carbocycles. The number of halogens is 1. The van der Waals surface area contributed by atoms with E-state index in [-0.39, 0.29) is 5.82 Å². The van der Waals surface area contributed by atoms with E-state index < -0.39 is 0 Å². The number of aromatic nitrogens is 4. The molecule has 2 aliphatic carbocycles. The maximum atomic E-state index is 13.7. The first-order valence-electron chi connectivity index (χ1n) is 12.0. The first kappa shape index (κ1) is 22.0. The van der Waals surface area contributed by atoms with Crippen LogP contribution in [0.5, 0.6) is 0 Å². The predicted molar refractivity (Wildman–Crippen MR) is 142 cm³/mol. The first-order chi connectivity index (χ1) is 17.6. The van der Waals surface area contributed by atoms with Gasteiger partial charge >= 0.3 is 0 Å². The third-order valence-corrected chi connectivity index (χ3v) is 6.56. The van der Waals surface area contributed by atoms with Crippen LogP contribution in [0, 0.1) is 12.7 Å². The van der Waals surface area contributed by atoms with Crippen molar-refractivity contribution in [1.29, 1.82) is 0 Å². The fourth-order valence-electron chi connectivity index (χ4n) is 4.56. The average Bonchev–Trinajstić information content (AvgIpc) is 3.35. The number of nitrogens with zero attached hydrogens (tertiary/aromatic N) is 3. The minimum absolute atomic E-state index is 0.325. The number of aryl methyl sites for hydroxylation is 1. The molecule has 5 nitrogen and oxygen atoms in total. The van der Waals surface area contributed by atoms with E-state index in [9.17, 15) is 4.39 Å². The fourth-order valence-corrected chi connectivity index (χ4v) is 4.56. The summed E-state index contributed by atoms with van der Waals surface area (Å²) >= 11 is 0. The molecule has 176 valence electrons. The highest BCUT2D eigenvalue weighted by molar-refractivity contribution is 5.88. The van der Waals surface area contributed by atoms with Crippen molar-refractivity contribution in [3.05, 3.63) is 118 Å². The van der Waals surface area contributed by atoms with Crippen molar-refractivity contribution >= 4 is 23.3 Å². The molecule has 0 saturated heterocycles. The number of rotatable bonds is 3. The second-order valence-corrected chi connectivity index (χ2v) is 8.98. The number of H-pyrrole nitrogens is 1. The van der Waals surface area contributed by atoms with Crippen molar-refractivity contribution in [2.45, 2.75) is 19.8 Å². The number of hydrogen-bond donors (Lipinski definition) is 2. The monoisotopic (exact) mass is 473 g/mol. The van der Waals surface area contributed by atoms with Crippen molar-refractivity contribution < 1.29 is 4.39 Å². The van der Waals surface area contributed by atoms with Crippen LogP contribution in [0.2, 0.25) is 0 Å². The SMILES string of the molecule is Cc1nc(-c2[nH]ncc2C2=C/C=C/c3cc(/C4=C/CC5=CC(=C=C4)NCC5)cnc3C=C2)ccc1F. The predicted octanol–water partition coefficient (Wildman–Crippen LogP) is 6.18. The molecule has 1 aliphatic heterocycles. The lowest BCUT2D eigenvalue weighted by molar-refractivity contribution is 0.610. The van der Waals surface area contributed by atoms with Crippen LogP contribution in [0.15, 0.2) is 84.1 Å². The summed E-state index contributed by atoms with van der Waals surface area (Å²) in [5.74, 6) is -0.325. The van der Waals surface area contributed by atoms with Gasteiger partial charge in [0.05, 0.1) is 34.7 Å². The van der Waals surface area contributed by atoms with E-state index in [2.05, 4.69) is 50.5 Å². The molecule has 0 spiro atoms. The third-order valence-electron chi connectivity index (χ3n) is 6.56. The fraction of sp³-hybridized carbons (Fsp3) is 0.133. The first-order valence-corrected chi connectivity index (χ1v) is 12.0. The summed E-state index contributed by atoms with van der Waals surface area (Å²) in [5, 5.41) is 10.6. The second-order valence-electron chi connectivity index (χ2n) is 8.98. The van der Waals surface area contributed by atoms with Gasteiger partial charge in [-0.3, -0.25) is 10.1 Å². The van der Waals surface area contributed by atoms with Gasteiger partial charge in [-0.15, -0.1) is 0 Å². The normalized spacial score (nSPS) is 18.7. The molecular weight excluding hydrogens is 449 g/mol. The molecule has 3 aliphatic rings. The standard InChI is InChI=1S/C30H24FN5/c1-19-27(31)10-12-29(35-19)30-26(18-34-36-30)22-3-2-4-23-16-24(17-33-28(23)11-8-22)21-6-5-20-13-14-32-25(15-20)9-7-21/h2-4,6-8,10-12,15-18,32H,5,13-14H2,1H3,(H,34,36)/b3-2?,4-2+,11-8?,21-6+,22-3?,22-8?,23-4?,28-11?. The van der Waals surface area contributed by atoms with Gasteiger partial charge in [-0.1, -0.05) is 41.7 Å². The quantitative estimate of drug-likeness (QED) is 0.446. The molecule has 36 heavy (non-hydrogen) atoms. The Hall–Kier alpha value is -4.54. The van der Waals surface area contributed by atoms with Gasteiger partial charge in [-0.2, -0.15) is 5.10 Å². The van der Waals surface area contributed by atoms with Crippen molar-refractivity contribution in [1.82, 2.24) is 25.5 Å². The third kappa shape index (κ3) is 4.30. The zero-order valence-corrected chi connectivity index (χ0v) is 19.8. The van der Waals surface area contributed by atoms with E-state index in [1.165, 1.54) is 11.6 Å². The molecule has 2 N–H and O–H groups in total. The molecule has 2 bridgehead atoms. The molecule has 0 fully saturated rings. The zero-order valence-electron chi connectivity index (χ0n) is 19.8. The lowest BCUT2D eigenvalue weighted by atomic mass is 9.96. The smallest absolute Gasteiger partial charge is 0.144 e. The minimum atomic E-state index is -0.325. The molecule has 3 aromatic rings. The van der Waals surface area contributed by atoms with Gasteiger partial charge in [0.25, 0.3) is 0 Å². The Morgan fingerprint density at radius 2 is 2.03 bits per heavy atom. The number of pyridine rings is 2. The molecule has 6 rings (SSSR count). The van der Waals surface area contributed by atoms with Crippen LogP contribution < -0.4 is 5.32 Å². The van der Waals surface area contributed by atoms with Gasteiger partial charge in [0.15, 0.2) is 0 Å². The largest absolute Gasteiger partial charge is 0.378 e. The zero-order chi connectivity index (χ0) is 24.5. The van der Waals surface area contributed by atoms with E-state index in [0.717, 1.165) is 64.3 Å². The topological polar surface area (TPSA) is 66.5 Å². The van der Waals surface area contributed by atoms with Gasteiger partial charge in [0, 0.05) is 29.4 Å². The molecule has 4 heterocycles. The summed E-state index contributed by atoms with van der Waals surface area (Å²) in [6, 6.07) is 5.26. The number of fused-ring (bicyclic) bond motifs is 2. The molecule has 0 atom stereocenters. The number of allylic oxidation sites excluding steroid dienone is 7. The highest BCUT2D eigenvalue weighted by Crippen LogP contribution is 2.30. The van der Waals surface area contributed by atoms with Crippen LogP contribution in [-0.4, -0.2) is 26.7 Å². The van der Waals surface area contributed by atoms with Crippen LogP contribution in [0.1, 0.15) is 40.9 Å². The number of aromatic amines is 1. The van der Waals surface area contributed by atoms with Crippen molar-refractivity contribution in [3.8, 4) is 11.4 Å². The van der Waals surface area contributed by atoms with Crippen molar-refractivity contribution in [3.63, 3.8) is 0 Å². The Morgan fingerprint density at radius 3 is 2.94 bits per heavy atom. The van der Waals surface area contributed by atoms with Crippen LogP contribution in [-0.2, 0) is 0 Å². The second kappa shape index (κ2) is 9.25. The summed E-state index contributed by atoms with van der Waals surface area (Å²) in [5.41, 5.74) is 13.6. The van der Waals surface area contributed by atoms with E-state index in [1.807, 2.05) is 36.6 Å². The average molecular weight is 474 g/mol. The molecule has 0 saturated carbocycles. The van der Waals surface area contributed by atoms with Gasteiger partial charge in [-0.05, 0) is 67.3 Å². The van der Waals surface area contributed by atoms with Gasteiger partial charge in [0.1, 0.15) is 5.82 Å². The lowest BCUT2D eigenvalue weighted by Crippen LogP contribution is -2.18. The van der Waals surface area contributed by atoms with Gasteiger partial charge < -0.3 is 5.32 Å². The maximum Gasteiger partial charge on any atom is 0.144 e. The lowest BCUT2D eigenvalue weighted by Gasteiger charge is -2.17. The van der Waals surface area contributed by atoms with E-state index in [4.69, 9.17) is 4.98 Å². The summed E-state index contributed by atoms with van der Waals surface area (Å²) in [4.78, 5) is 9.16. The summed E-state index contributed by atoms with van der Waals surface area (Å²) in [7, 11) is 0. The van der Waals surface area contributed by atoms with Crippen molar-refractivity contribution in [2.24, 2.45) is 0 Å². The summed E-state index contributed by atoms with van der Waals surface area (Å²) < 4.78 is 13.7. The molecule has 0 amide bonds. The van der Waals surface area contributed by atoms with Crippen LogP contribution >= 0.6 is 0 Å². The Bertz CT molecular complexity index is 1590. The molecule has 0 radical (unpaired) electrons. The van der Waals surface area contributed by atoms with Crippen LogP contribution in [0.3, 0.4) is 0 Å². The van der Waals surface area contributed by atoms with Crippen molar-refractivity contribution in [2.75, 3.05) is 6.54 Å². The number of hydrogen-bond acceptors (Lipinski definition) is 4. The van der Waals surface area contributed by atoms with E-state index in [0.29, 0.717) is 11.4 Å².